The number of benzene rings is 4. The maximum absolute atomic E-state index is 13.8. The van der Waals surface area contributed by atoms with E-state index in [0.29, 0.717) is 17.9 Å². The molecule has 1 aliphatic heterocycles. The second-order valence-corrected chi connectivity index (χ2v) is 9.42. The fourth-order valence-corrected chi connectivity index (χ4v) is 4.57. The molecule has 1 N–H and O–H groups in total. The molecule has 1 atom stereocenters. The molecule has 39 heavy (non-hydrogen) atoms. The summed E-state index contributed by atoms with van der Waals surface area (Å²) < 4.78 is 24.5. The van der Waals surface area contributed by atoms with Crippen LogP contribution in [0.2, 0.25) is 0 Å². The van der Waals surface area contributed by atoms with Crippen molar-refractivity contribution in [3.63, 3.8) is 0 Å². The summed E-state index contributed by atoms with van der Waals surface area (Å²) >= 11 is 0. The van der Waals surface area contributed by atoms with Gasteiger partial charge in [0.25, 0.3) is 0 Å². The number of carbonyl (C=O) groups is 2. The lowest BCUT2D eigenvalue weighted by Gasteiger charge is -2.32. The largest absolute Gasteiger partial charge is 0.454 e. The Morgan fingerprint density at radius 2 is 1.41 bits per heavy atom. The van der Waals surface area contributed by atoms with Crippen molar-refractivity contribution in [2.45, 2.75) is 32.0 Å². The number of ether oxygens (including phenoxy) is 2. The summed E-state index contributed by atoms with van der Waals surface area (Å²) in [4.78, 5) is 29.1. The molecule has 0 saturated carbocycles. The van der Waals surface area contributed by atoms with Crippen molar-refractivity contribution in [1.82, 2.24) is 10.2 Å². The zero-order valence-electron chi connectivity index (χ0n) is 21.4. The van der Waals surface area contributed by atoms with Crippen LogP contribution in [0.15, 0.2) is 103 Å². The third-order valence-corrected chi connectivity index (χ3v) is 6.64. The van der Waals surface area contributed by atoms with Crippen molar-refractivity contribution < 1.29 is 23.5 Å². The van der Waals surface area contributed by atoms with Crippen LogP contribution in [-0.2, 0) is 35.5 Å². The lowest BCUT2D eigenvalue weighted by molar-refractivity contribution is -0.140. The minimum Gasteiger partial charge on any atom is -0.454 e. The van der Waals surface area contributed by atoms with Crippen molar-refractivity contribution in [2.24, 2.45) is 0 Å². The molecule has 0 bridgehead atoms. The zero-order chi connectivity index (χ0) is 27.0. The van der Waals surface area contributed by atoms with Gasteiger partial charge in [0, 0.05) is 19.5 Å². The first-order chi connectivity index (χ1) is 19.0. The van der Waals surface area contributed by atoms with Crippen molar-refractivity contribution in [1.29, 1.82) is 0 Å². The van der Waals surface area contributed by atoms with Gasteiger partial charge in [-0.15, -0.1) is 0 Å². The van der Waals surface area contributed by atoms with Crippen LogP contribution >= 0.6 is 0 Å². The zero-order valence-corrected chi connectivity index (χ0v) is 21.4. The van der Waals surface area contributed by atoms with Crippen LogP contribution in [0.1, 0.15) is 22.3 Å². The van der Waals surface area contributed by atoms with E-state index in [1.165, 1.54) is 12.1 Å². The minimum absolute atomic E-state index is 0.142. The van der Waals surface area contributed by atoms with Gasteiger partial charge in [0.2, 0.25) is 18.6 Å². The van der Waals surface area contributed by atoms with E-state index in [9.17, 15) is 14.0 Å². The standard InChI is InChI=1S/C32H29FN2O4/c33-27-14-11-25(12-15-27)21-35(31(36)19-24-9-5-2-6-10-24)28(17-23-7-3-1-4-8-23)32(37)34-20-26-13-16-29-30(18-26)39-22-38-29/h1-16,18,28H,17,19-22H2,(H,34,37)/t28-/m1/s1. The minimum atomic E-state index is -0.789. The van der Waals surface area contributed by atoms with Crippen LogP contribution in [0.5, 0.6) is 11.5 Å². The summed E-state index contributed by atoms with van der Waals surface area (Å²) in [5, 5.41) is 3.02. The third kappa shape index (κ3) is 6.82. The number of fused-ring (bicyclic) bond motifs is 1. The molecule has 198 valence electrons. The first-order valence-corrected chi connectivity index (χ1v) is 12.8. The average molecular weight is 525 g/mol. The first kappa shape index (κ1) is 26.0. The molecule has 2 amide bonds. The Balaban J connectivity index is 1.42. The molecule has 7 heteroatoms. The molecular weight excluding hydrogens is 495 g/mol. The first-order valence-electron chi connectivity index (χ1n) is 12.8. The maximum Gasteiger partial charge on any atom is 0.243 e. The van der Waals surface area contributed by atoms with Gasteiger partial charge >= 0.3 is 0 Å². The van der Waals surface area contributed by atoms with Crippen molar-refractivity contribution in [2.75, 3.05) is 6.79 Å². The number of halogens is 1. The predicted molar refractivity (Wildman–Crippen MR) is 145 cm³/mol. The average Bonchev–Trinajstić information content (AvgIpc) is 3.44. The van der Waals surface area contributed by atoms with Gasteiger partial charge in [-0.05, 0) is 46.5 Å². The summed E-state index contributed by atoms with van der Waals surface area (Å²) in [6.45, 7) is 0.602. The Kier molecular flexibility index (Phi) is 8.17. The van der Waals surface area contributed by atoms with E-state index in [2.05, 4.69) is 5.32 Å². The molecule has 0 unspecified atom stereocenters. The molecule has 5 rings (SSSR count). The van der Waals surface area contributed by atoms with Gasteiger partial charge in [-0.3, -0.25) is 9.59 Å². The van der Waals surface area contributed by atoms with Gasteiger partial charge < -0.3 is 19.7 Å². The van der Waals surface area contributed by atoms with E-state index in [0.717, 1.165) is 22.3 Å². The highest BCUT2D eigenvalue weighted by atomic mass is 19.1. The number of hydrogen-bond acceptors (Lipinski definition) is 4. The molecule has 0 fully saturated rings. The Hall–Kier alpha value is -4.65. The van der Waals surface area contributed by atoms with Crippen LogP contribution in [0, 0.1) is 5.82 Å². The van der Waals surface area contributed by atoms with Crippen molar-refractivity contribution >= 4 is 11.8 Å². The fraction of sp³-hybridized carbons (Fsp3) is 0.188. The normalized spacial score (nSPS) is 12.5. The fourth-order valence-electron chi connectivity index (χ4n) is 4.57. The summed E-state index contributed by atoms with van der Waals surface area (Å²) in [6.07, 6.45) is 0.471. The molecule has 0 aliphatic carbocycles. The maximum atomic E-state index is 13.8. The van der Waals surface area contributed by atoms with Gasteiger partial charge in [-0.25, -0.2) is 4.39 Å². The smallest absolute Gasteiger partial charge is 0.243 e. The number of carbonyl (C=O) groups excluding carboxylic acids is 2. The molecular formula is C32H29FN2O4. The van der Waals surface area contributed by atoms with Crippen molar-refractivity contribution in [3.05, 3.63) is 131 Å². The lowest BCUT2D eigenvalue weighted by Crippen LogP contribution is -2.50. The van der Waals surface area contributed by atoms with Crippen molar-refractivity contribution in [3.8, 4) is 11.5 Å². The van der Waals surface area contributed by atoms with E-state index < -0.39 is 6.04 Å². The van der Waals surface area contributed by atoms with E-state index in [-0.39, 0.29) is 43.9 Å². The van der Waals surface area contributed by atoms with E-state index >= 15 is 0 Å². The Morgan fingerprint density at radius 1 is 0.769 bits per heavy atom. The summed E-state index contributed by atoms with van der Waals surface area (Å²) in [5.74, 6) is 0.482. The van der Waals surface area contributed by atoms with Crippen LogP contribution in [-0.4, -0.2) is 29.5 Å². The topological polar surface area (TPSA) is 67.9 Å². The van der Waals surface area contributed by atoms with Gasteiger partial charge in [0.15, 0.2) is 11.5 Å². The highest BCUT2D eigenvalue weighted by Gasteiger charge is 2.30. The Labute approximate surface area is 227 Å². The highest BCUT2D eigenvalue weighted by Crippen LogP contribution is 2.32. The van der Waals surface area contributed by atoms with Gasteiger partial charge in [-0.2, -0.15) is 0 Å². The summed E-state index contributed by atoms with van der Waals surface area (Å²) in [6, 6.07) is 29.8. The number of nitrogens with zero attached hydrogens (tertiary/aromatic N) is 1. The van der Waals surface area contributed by atoms with E-state index in [1.807, 2.05) is 78.9 Å². The Morgan fingerprint density at radius 3 is 2.13 bits per heavy atom. The van der Waals surface area contributed by atoms with Crippen LogP contribution < -0.4 is 14.8 Å². The third-order valence-electron chi connectivity index (χ3n) is 6.64. The van der Waals surface area contributed by atoms with Gasteiger partial charge in [0.05, 0.1) is 6.42 Å². The highest BCUT2D eigenvalue weighted by molar-refractivity contribution is 5.88. The van der Waals surface area contributed by atoms with Crippen LogP contribution in [0.4, 0.5) is 4.39 Å². The quantitative estimate of drug-likeness (QED) is 0.315. The molecule has 0 spiro atoms. The predicted octanol–water partition coefficient (Wildman–Crippen LogP) is 5.05. The molecule has 1 heterocycles. The van der Waals surface area contributed by atoms with Crippen LogP contribution in [0.3, 0.4) is 0 Å². The number of amides is 2. The molecule has 4 aromatic carbocycles. The van der Waals surface area contributed by atoms with Crippen LogP contribution in [0.25, 0.3) is 0 Å². The Bertz CT molecular complexity index is 1410. The monoisotopic (exact) mass is 524 g/mol. The number of rotatable bonds is 10. The van der Waals surface area contributed by atoms with Gasteiger partial charge in [-0.1, -0.05) is 78.9 Å². The molecule has 6 nitrogen and oxygen atoms in total. The number of hydrogen-bond donors (Lipinski definition) is 1. The number of nitrogens with one attached hydrogen (secondary N) is 1. The second kappa shape index (κ2) is 12.3. The molecule has 0 aromatic heterocycles. The second-order valence-electron chi connectivity index (χ2n) is 9.42. The molecule has 4 aromatic rings. The molecule has 0 radical (unpaired) electrons. The summed E-state index contributed by atoms with van der Waals surface area (Å²) in [7, 11) is 0. The van der Waals surface area contributed by atoms with E-state index in [1.54, 1.807) is 17.0 Å². The van der Waals surface area contributed by atoms with E-state index in [4.69, 9.17) is 9.47 Å². The summed E-state index contributed by atoms with van der Waals surface area (Å²) in [5.41, 5.74) is 3.37. The SMILES string of the molecule is O=C(NCc1ccc2c(c1)OCO2)[C@@H](Cc1ccccc1)N(Cc1ccc(F)cc1)C(=O)Cc1ccccc1. The molecule has 1 aliphatic rings. The molecule has 0 saturated heterocycles. The van der Waals surface area contributed by atoms with Gasteiger partial charge in [0.1, 0.15) is 11.9 Å². The lowest BCUT2D eigenvalue weighted by atomic mass is 10.0.